The molecule has 61 heavy (non-hydrogen) atoms. The Kier molecular flexibility index (Phi) is 46.0. The number of hydrogen-bond acceptors (Lipinski definition) is 6. The molecule has 0 aliphatic rings. The first-order valence-electron chi connectivity index (χ1n) is 24.7. The third-order valence-electron chi connectivity index (χ3n) is 10.1. The van der Waals surface area contributed by atoms with E-state index in [4.69, 9.17) is 14.2 Å². The molecule has 0 aliphatic heterocycles. The lowest BCUT2D eigenvalue weighted by atomic mass is 10.0. The van der Waals surface area contributed by atoms with Crippen molar-refractivity contribution in [2.75, 3.05) is 13.2 Å². The van der Waals surface area contributed by atoms with Gasteiger partial charge in [-0.05, 0) is 64.2 Å². The van der Waals surface area contributed by atoms with Crippen LogP contribution < -0.4 is 0 Å². The Labute approximate surface area is 375 Å². The van der Waals surface area contributed by atoms with E-state index in [1.807, 2.05) is 18.2 Å². The number of hydrogen-bond donors (Lipinski definition) is 0. The Balaban J connectivity index is 4.46. The van der Waals surface area contributed by atoms with Crippen LogP contribution in [0.15, 0.2) is 97.2 Å². The van der Waals surface area contributed by atoms with Gasteiger partial charge >= 0.3 is 17.9 Å². The maximum absolute atomic E-state index is 12.7. The second-order valence-electron chi connectivity index (χ2n) is 16.0. The number of esters is 3. The topological polar surface area (TPSA) is 78.9 Å². The van der Waals surface area contributed by atoms with Gasteiger partial charge < -0.3 is 14.2 Å². The lowest BCUT2D eigenvalue weighted by molar-refractivity contribution is -0.166. The van der Waals surface area contributed by atoms with Crippen LogP contribution in [0.4, 0.5) is 0 Å². The summed E-state index contributed by atoms with van der Waals surface area (Å²) < 4.78 is 16.6. The van der Waals surface area contributed by atoms with E-state index in [0.29, 0.717) is 12.8 Å². The van der Waals surface area contributed by atoms with Crippen molar-refractivity contribution in [1.29, 1.82) is 0 Å². The molecule has 0 saturated heterocycles. The zero-order valence-corrected chi connectivity index (χ0v) is 39.4. The SMILES string of the molecule is CC/C=C\C/C=C\C/C=C\C/C=C\C/C=C\CCC(=O)OC(COC(=O)C/C=C\C/C=C\C/C=C\CC)COC(=O)CCCCCCCCCCCCCCCCCCCC. The van der Waals surface area contributed by atoms with Crippen LogP contribution in [0, 0.1) is 0 Å². The van der Waals surface area contributed by atoms with Gasteiger partial charge in [0.15, 0.2) is 6.10 Å². The van der Waals surface area contributed by atoms with E-state index >= 15 is 0 Å². The molecule has 0 aliphatic carbocycles. The quantitative estimate of drug-likeness (QED) is 0.0263. The first-order valence-corrected chi connectivity index (χ1v) is 24.7. The molecule has 0 aromatic rings. The molecule has 1 atom stereocenters. The average molecular weight is 847 g/mol. The van der Waals surface area contributed by atoms with Gasteiger partial charge in [0.1, 0.15) is 13.2 Å². The van der Waals surface area contributed by atoms with E-state index in [-0.39, 0.29) is 32.0 Å². The first kappa shape index (κ1) is 57.3. The summed E-state index contributed by atoms with van der Waals surface area (Å²) in [7, 11) is 0. The Morgan fingerprint density at radius 2 is 0.705 bits per heavy atom. The predicted molar refractivity (Wildman–Crippen MR) is 260 cm³/mol. The summed E-state index contributed by atoms with van der Waals surface area (Å²) in [5.74, 6) is -1.15. The number of unbranched alkanes of at least 4 members (excludes halogenated alkanes) is 17. The maximum atomic E-state index is 12.7. The van der Waals surface area contributed by atoms with E-state index in [2.05, 4.69) is 93.7 Å². The second kappa shape index (κ2) is 49.0. The molecule has 0 aromatic heterocycles. The molecule has 0 aromatic carbocycles. The lowest BCUT2D eigenvalue weighted by Crippen LogP contribution is -2.30. The molecule has 0 heterocycles. The molecule has 0 radical (unpaired) electrons. The van der Waals surface area contributed by atoms with Crippen LogP contribution in [0.25, 0.3) is 0 Å². The highest BCUT2D eigenvalue weighted by Crippen LogP contribution is 2.15. The molecule has 0 amide bonds. The molecule has 0 bridgehead atoms. The number of carbonyl (C=O) groups excluding carboxylic acids is 3. The Hall–Kier alpha value is -3.67. The lowest BCUT2D eigenvalue weighted by Gasteiger charge is -2.18. The van der Waals surface area contributed by atoms with Crippen molar-refractivity contribution in [1.82, 2.24) is 0 Å². The van der Waals surface area contributed by atoms with Gasteiger partial charge in [0.05, 0.1) is 6.42 Å². The molecule has 0 spiro atoms. The molecule has 0 N–H and O–H groups in total. The number of ether oxygens (including phenoxy) is 3. The summed E-state index contributed by atoms with van der Waals surface area (Å²) in [6.45, 7) is 6.24. The van der Waals surface area contributed by atoms with Gasteiger partial charge in [-0.1, -0.05) is 227 Å². The summed E-state index contributed by atoms with van der Waals surface area (Å²) in [6, 6.07) is 0. The van der Waals surface area contributed by atoms with Crippen LogP contribution in [0.5, 0.6) is 0 Å². The monoisotopic (exact) mass is 847 g/mol. The van der Waals surface area contributed by atoms with Crippen LogP contribution in [0.1, 0.15) is 213 Å². The summed E-state index contributed by atoms with van der Waals surface area (Å²) in [6.07, 6.45) is 64.5. The van der Waals surface area contributed by atoms with E-state index in [1.54, 1.807) is 6.08 Å². The minimum Gasteiger partial charge on any atom is -0.462 e. The molecule has 0 fully saturated rings. The zero-order valence-electron chi connectivity index (χ0n) is 39.4. The fourth-order valence-corrected chi connectivity index (χ4v) is 6.49. The Morgan fingerprint density at radius 3 is 1.11 bits per heavy atom. The van der Waals surface area contributed by atoms with E-state index in [0.717, 1.165) is 70.6 Å². The second-order valence-corrected chi connectivity index (χ2v) is 16.0. The van der Waals surface area contributed by atoms with Gasteiger partial charge in [-0.25, -0.2) is 0 Å². The van der Waals surface area contributed by atoms with Crippen molar-refractivity contribution >= 4 is 17.9 Å². The van der Waals surface area contributed by atoms with Crippen molar-refractivity contribution in [3.05, 3.63) is 97.2 Å². The highest BCUT2D eigenvalue weighted by molar-refractivity contribution is 5.72. The molecule has 6 heteroatoms. The van der Waals surface area contributed by atoms with Crippen LogP contribution >= 0.6 is 0 Å². The van der Waals surface area contributed by atoms with Crippen LogP contribution in [-0.4, -0.2) is 37.2 Å². The molecule has 0 rings (SSSR count). The summed E-state index contributed by atoms with van der Waals surface area (Å²) >= 11 is 0. The molecular formula is C55H90O6. The van der Waals surface area contributed by atoms with Crippen LogP contribution in [-0.2, 0) is 28.6 Å². The smallest absolute Gasteiger partial charge is 0.309 e. The first-order chi connectivity index (χ1) is 30.0. The van der Waals surface area contributed by atoms with Crippen LogP contribution in [0.2, 0.25) is 0 Å². The normalized spacial score (nSPS) is 12.9. The van der Waals surface area contributed by atoms with E-state index in [1.165, 1.54) is 96.3 Å². The highest BCUT2D eigenvalue weighted by atomic mass is 16.6. The molecule has 346 valence electrons. The summed E-state index contributed by atoms with van der Waals surface area (Å²) in [5, 5.41) is 0. The van der Waals surface area contributed by atoms with Crippen molar-refractivity contribution in [3.63, 3.8) is 0 Å². The summed E-state index contributed by atoms with van der Waals surface area (Å²) in [4.78, 5) is 37.7. The number of allylic oxidation sites excluding steroid dienone is 15. The minimum absolute atomic E-state index is 0.119. The molecule has 0 saturated carbocycles. The average Bonchev–Trinajstić information content (AvgIpc) is 3.26. The zero-order chi connectivity index (χ0) is 44.4. The fraction of sp³-hybridized carbons (Fsp3) is 0.655. The Morgan fingerprint density at radius 1 is 0.361 bits per heavy atom. The minimum atomic E-state index is -0.850. The number of carbonyl (C=O) groups is 3. The predicted octanol–water partition coefficient (Wildman–Crippen LogP) is 16.2. The fourth-order valence-electron chi connectivity index (χ4n) is 6.49. The van der Waals surface area contributed by atoms with Crippen molar-refractivity contribution in [3.8, 4) is 0 Å². The third-order valence-corrected chi connectivity index (χ3v) is 10.1. The molecule has 1 unspecified atom stereocenters. The van der Waals surface area contributed by atoms with E-state index in [9.17, 15) is 14.4 Å². The third kappa shape index (κ3) is 47.2. The maximum Gasteiger partial charge on any atom is 0.309 e. The largest absolute Gasteiger partial charge is 0.462 e. The van der Waals surface area contributed by atoms with Gasteiger partial charge in [-0.15, -0.1) is 0 Å². The van der Waals surface area contributed by atoms with Crippen molar-refractivity contribution < 1.29 is 28.6 Å². The Bertz CT molecular complexity index is 1250. The van der Waals surface area contributed by atoms with Crippen molar-refractivity contribution in [2.45, 2.75) is 219 Å². The summed E-state index contributed by atoms with van der Waals surface area (Å²) in [5.41, 5.74) is 0. The number of rotatable bonds is 43. The van der Waals surface area contributed by atoms with Crippen LogP contribution in [0.3, 0.4) is 0 Å². The van der Waals surface area contributed by atoms with Gasteiger partial charge in [0, 0.05) is 12.8 Å². The van der Waals surface area contributed by atoms with Crippen molar-refractivity contribution in [2.24, 2.45) is 0 Å². The van der Waals surface area contributed by atoms with Gasteiger partial charge in [0.2, 0.25) is 0 Å². The highest BCUT2D eigenvalue weighted by Gasteiger charge is 2.19. The van der Waals surface area contributed by atoms with E-state index < -0.39 is 18.0 Å². The standard InChI is InChI=1S/C55H90O6/c1-4-7-10-13-16-19-21-23-25-27-28-30-31-33-36-39-42-45-48-54(57)60-51-52(50-59-53(56)47-44-41-38-35-18-15-12-9-6-3)61-55(58)49-46-43-40-37-34-32-29-26-24-22-20-17-14-11-8-5-2/h8-9,11-12,17-18,20,24,26,32,34-35,40-41,43-44,52H,4-7,10,13-16,19,21-23,25,27-31,33,36-39,42,45-51H2,1-3H3/b11-8-,12-9-,20-17-,26-24-,34-32-,35-18-,43-40-,44-41-. The molecular weight excluding hydrogens is 757 g/mol. The van der Waals surface area contributed by atoms with Gasteiger partial charge in [0.25, 0.3) is 0 Å². The molecule has 6 nitrogen and oxygen atoms in total. The van der Waals surface area contributed by atoms with Gasteiger partial charge in [-0.3, -0.25) is 14.4 Å². The van der Waals surface area contributed by atoms with Gasteiger partial charge in [-0.2, -0.15) is 0 Å².